The Labute approximate surface area is 136 Å². The predicted octanol–water partition coefficient (Wildman–Crippen LogP) is 4.31. The van der Waals surface area contributed by atoms with Crippen molar-refractivity contribution in [1.82, 2.24) is 0 Å². The first-order valence-electron chi connectivity index (χ1n) is 8.07. The lowest BCUT2D eigenvalue weighted by Crippen LogP contribution is -2.15. The number of methoxy groups -OCH3 is 1. The van der Waals surface area contributed by atoms with Gasteiger partial charge in [0.1, 0.15) is 5.00 Å². The Balaban J connectivity index is 2.04. The Bertz CT molecular complexity index is 544. The zero-order chi connectivity index (χ0) is 16.1. The summed E-state index contributed by atoms with van der Waals surface area (Å²) in [5.74, 6) is 0.329. The molecule has 0 spiro atoms. The van der Waals surface area contributed by atoms with Crippen LogP contribution in [0.2, 0.25) is 0 Å². The molecule has 1 saturated carbocycles. The number of rotatable bonds is 6. The van der Waals surface area contributed by atoms with Crippen LogP contribution in [-0.4, -0.2) is 19.0 Å². The lowest BCUT2D eigenvalue weighted by Gasteiger charge is -2.09. The number of thiophene rings is 1. The second-order valence-electron chi connectivity index (χ2n) is 5.92. The molecule has 0 aromatic carbocycles. The van der Waals surface area contributed by atoms with Crippen molar-refractivity contribution in [1.29, 1.82) is 0 Å². The Morgan fingerprint density at radius 1 is 1.32 bits per heavy atom. The third-order valence-corrected chi connectivity index (χ3v) is 5.52. The first-order valence-corrected chi connectivity index (χ1v) is 8.88. The molecule has 0 bridgehead atoms. The van der Waals surface area contributed by atoms with Crippen LogP contribution in [0.4, 0.5) is 5.00 Å². The molecule has 0 atom stereocenters. The van der Waals surface area contributed by atoms with Crippen molar-refractivity contribution in [3.8, 4) is 0 Å². The van der Waals surface area contributed by atoms with Gasteiger partial charge in [0.2, 0.25) is 5.91 Å². The van der Waals surface area contributed by atoms with Gasteiger partial charge in [-0.2, -0.15) is 0 Å². The van der Waals surface area contributed by atoms with Crippen LogP contribution < -0.4 is 5.32 Å². The molecule has 2 rings (SSSR count). The minimum absolute atomic E-state index is 0.000885. The maximum atomic E-state index is 12.2. The number of ether oxygens (including phenoxy) is 1. The van der Waals surface area contributed by atoms with E-state index in [1.165, 1.54) is 44.1 Å². The summed E-state index contributed by atoms with van der Waals surface area (Å²) in [7, 11) is 1.38. The largest absolute Gasteiger partial charge is 0.465 e. The van der Waals surface area contributed by atoms with E-state index in [2.05, 4.69) is 5.32 Å². The standard InChI is InChI=1S/C17H25NO3S/c1-4-13-11(2)22-16(15(13)17(20)21-3)18-14(19)10-9-12-7-5-6-8-12/h12H,4-10H2,1-3H3,(H,18,19). The summed E-state index contributed by atoms with van der Waals surface area (Å²) in [6.45, 7) is 3.98. The zero-order valence-electron chi connectivity index (χ0n) is 13.7. The molecule has 1 heterocycles. The summed E-state index contributed by atoms with van der Waals surface area (Å²) >= 11 is 1.46. The van der Waals surface area contributed by atoms with E-state index >= 15 is 0 Å². The number of carbonyl (C=O) groups excluding carboxylic acids is 2. The second-order valence-corrected chi connectivity index (χ2v) is 7.15. The van der Waals surface area contributed by atoms with Crippen LogP contribution in [0.15, 0.2) is 0 Å². The minimum Gasteiger partial charge on any atom is -0.465 e. The molecule has 1 fully saturated rings. The van der Waals surface area contributed by atoms with Gasteiger partial charge in [-0.25, -0.2) is 4.79 Å². The quantitative estimate of drug-likeness (QED) is 0.793. The van der Waals surface area contributed by atoms with Gasteiger partial charge < -0.3 is 10.1 Å². The molecule has 1 amide bonds. The Morgan fingerprint density at radius 3 is 2.59 bits per heavy atom. The highest BCUT2D eigenvalue weighted by molar-refractivity contribution is 7.16. The van der Waals surface area contributed by atoms with Crippen LogP contribution in [0.1, 0.15) is 66.2 Å². The molecule has 0 radical (unpaired) electrons. The number of carbonyl (C=O) groups is 2. The van der Waals surface area contributed by atoms with Gasteiger partial charge in [0.25, 0.3) is 0 Å². The lowest BCUT2D eigenvalue weighted by atomic mass is 10.0. The average Bonchev–Trinajstić information content (AvgIpc) is 3.11. The summed E-state index contributed by atoms with van der Waals surface area (Å²) < 4.78 is 4.87. The average molecular weight is 323 g/mol. The Kier molecular flexibility index (Phi) is 6.00. The van der Waals surface area contributed by atoms with Gasteiger partial charge in [-0.15, -0.1) is 11.3 Å². The van der Waals surface area contributed by atoms with E-state index in [4.69, 9.17) is 4.74 Å². The predicted molar refractivity (Wildman–Crippen MR) is 89.6 cm³/mol. The number of anilines is 1. The molecule has 1 aromatic heterocycles. The number of esters is 1. The zero-order valence-corrected chi connectivity index (χ0v) is 14.5. The summed E-state index contributed by atoms with van der Waals surface area (Å²) in [5.41, 5.74) is 1.50. The van der Waals surface area contributed by atoms with Crippen molar-refractivity contribution in [3.63, 3.8) is 0 Å². The first-order chi connectivity index (χ1) is 10.6. The third kappa shape index (κ3) is 3.88. The fourth-order valence-electron chi connectivity index (χ4n) is 3.23. The van der Waals surface area contributed by atoms with Crippen LogP contribution in [0, 0.1) is 12.8 Å². The number of hydrogen-bond acceptors (Lipinski definition) is 4. The van der Waals surface area contributed by atoms with Crippen LogP contribution >= 0.6 is 11.3 Å². The summed E-state index contributed by atoms with van der Waals surface area (Å²) in [4.78, 5) is 25.3. The molecule has 5 heteroatoms. The molecule has 0 unspecified atom stereocenters. The SMILES string of the molecule is CCc1c(C)sc(NC(=O)CCC2CCCC2)c1C(=O)OC. The van der Waals surface area contributed by atoms with Gasteiger partial charge >= 0.3 is 5.97 Å². The van der Waals surface area contributed by atoms with Crippen LogP contribution in [0.5, 0.6) is 0 Å². The molecule has 1 aromatic rings. The molecule has 22 heavy (non-hydrogen) atoms. The maximum absolute atomic E-state index is 12.2. The Hall–Kier alpha value is -1.36. The molecular weight excluding hydrogens is 298 g/mol. The molecule has 122 valence electrons. The van der Waals surface area contributed by atoms with Gasteiger partial charge in [-0.3, -0.25) is 4.79 Å². The van der Waals surface area contributed by atoms with Crippen LogP contribution in [0.3, 0.4) is 0 Å². The van der Waals surface area contributed by atoms with Crippen LogP contribution in [-0.2, 0) is 16.0 Å². The van der Waals surface area contributed by atoms with Gasteiger partial charge in [0.15, 0.2) is 0 Å². The van der Waals surface area contributed by atoms with E-state index in [1.807, 2.05) is 13.8 Å². The van der Waals surface area contributed by atoms with Crippen LogP contribution in [0.25, 0.3) is 0 Å². The van der Waals surface area contributed by atoms with Gasteiger partial charge in [-0.1, -0.05) is 32.6 Å². The highest BCUT2D eigenvalue weighted by Crippen LogP contribution is 2.34. The second kappa shape index (κ2) is 7.77. The molecular formula is C17H25NO3S. The minimum atomic E-state index is -0.368. The maximum Gasteiger partial charge on any atom is 0.341 e. The third-order valence-electron chi connectivity index (χ3n) is 4.46. The van der Waals surface area contributed by atoms with E-state index in [0.29, 0.717) is 22.9 Å². The molecule has 4 nitrogen and oxygen atoms in total. The fraction of sp³-hybridized carbons (Fsp3) is 0.647. The highest BCUT2D eigenvalue weighted by atomic mass is 32.1. The summed E-state index contributed by atoms with van der Waals surface area (Å²) in [6, 6.07) is 0. The summed E-state index contributed by atoms with van der Waals surface area (Å²) in [5, 5.41) is 3.56. The Morgan fingerprint density at radius 2 is 2.00 bits per heavy atom. The normalized spacial score (nSPS) is 15.0. The number of hydrogen-bond donors (Lipinski definition) is 1. The van der Waals surface area contributed by atoms with Crippen molar-refractivity contribution in [2.75, 3.05) is 12.4 Å². The van der Waals surface area contributed by atoms with Crippen molar-refractivity contribution in [2.45, 2.75) is 58.8 Å². The van der Waals surface area contributed by atoms with E-state index in [-0.39, 0.29) is 11.9 Å². The smallest absolute Gasteiger partial charge is 0.341 e. The van der Waals surface area contributed by atoms with Gasteiger partial charge in [0, 0.05) is 11.3 Å². The first kappa shape index (κ1) is 17.0. The van der Waals surface area contributed by atoms with Crippen molar-refractivity contribution in [2.24, 2.45) is 5.92 Å². The number of amides is 1. The van der Waals surface area contributed by atoms with Crippen molar-refractivity contribution >= 4 is 28.2 Å². The van der Waals surface area contributed by atoms with E-state index in [1.54, 1.807) is 0 Å². The van der Waals surface area contributed by atoms with Gasteiger partial charge in [0.05, 0.1) is 12.7 Å². The molecule has 1 N–H and O–H groups in total. The fourth-order valence-corrected chi connectivity index (χ4v) is 4.38. The van der Waals surface area contributed by atoms with Gasteiger partial charge in [-0.05, 0) is 31.2 Å². The van der Waals surface area contributed by atoms with Crippen molar-refractivity contribution in [3.05, 3.63) is 16.0 Å². The molecule has 1 aliphatic rings. The van der Waals surface area contributed by atoms with E-state index < -0.39 is 0 Å². The van der Waals surface area contributed by atoms with Crippen molar-refractivity contribution < 1.29 is 14.3 Å². The monoisotopic (exact) mass is 323 g/mol. The van der Waals surface area contributed by atoms with E-state index in [9.17, 15) is 9.59 Å². The topological polar surface area (TPSA) is 55.4 Å². The number of aryl methyl sites for hydroxylation is 1. The lowest BCUT2D eigenvalue weighted by molar-refractivity contribution is -0.116. The highest BCUT2D eigenvalue weighted by Gasteiger charge is 2.23. The molecule has 0 aliphatic heterocycles. The summed E-state index contributed by atoms with van der Waals surface area (Å²) in [6.07, 6.45) is 7.32. The molecule has 1 aliphatic carbocycles. The number of nitrogens with one attached hydrogen (secondary N) is 1. The molecule has 0 saturated heterocycles. The van der Waals surface area contributed by atoms with E-state index in [0.717, 1.165) is 23.3 Å².